The van der Waals surface area contributed by atoms with E-state index in [1.54, 1.807) is 41.8 Å². The van der Waals surface area contributed by atoms with E-state index < -0.39 is 0 Å². The van der Waals surface area contributed by atoms with E-state index in [-0.39, 0.29) is 17.6 Å². The van der Waals surface area contributed by atoms with E-state index in [0.717, 1.165) is 19.4 Å². The third kappa shape index (κ3) is 3.48. The SMILES string of the molecule is Cc1nc2ccccc2c(=O)n1-c1ccc(C(=O)NCC2CCCO2)cc1. The lowest BCUT2D eigenvalue weighted by atomic mass is 10.1. The van der Waals surface area contributed by atoms with Gasteiger partial charge in [0.15, 0.2) is 0 Å². The number of ether oxygens (including phenoxy) is 1. The van der Waals surface area contributed by atoms with Gasteiger partial charge in [-0.3, -0.25) is 14.2 Å². The van der Waals surface area contributed by atoms with Crippen LogP contribution in [0.4, 0.5) is 0 Å². The van der Waals surface area contributed by atoms with E-state index in [1.165, 1.54) is 0 Å². The Balaban J connectivity index is 1.58. The summed E-state index contributed by atoms with van der Waals surface area (Å²) < 4.78 is 7.08. The molecule has 27 heavy (non-hydrogen) atoms. The summed E-state index contributed by atoms with van der Waals surface area (Å²) in [5.41, 5.74) is 1.80. The van der Waals surface area contributed by atoms with Crippen LogP contribution in [-0.2, 0) is 4.74 Å². The highest BCUT2D eigenvalue weighted by Crippen LogP contribution is 2.14. The minimum Gasteiger partial charge on any atom is -0.376 e. The van der Waals surface area contributed by atoms with Crippen LogP contribution in [0.15, 0.2) is 53.3 Å². The van der Waals surface area contributed by atoms with E-state index in [0.29, 0.717) is 34.5 Å². The number of hydrogen-bond donors (Lipinski definition) is 1. The van der Waals surface area contributed by atoms with Crippen molar-refractivity contribution in [3.63, 3.8) is 0 Å². The van der Waals surface area contributed by atoms with Crippen molar-refractivity contribution in [2.45, 2.75) is 25.9 Å². The van der Waals surface area contributed by atoms with Gasteiger partial charge in [-0.15, -0.1) is 0 Å². The molecule has 138 valence electrons. The molecule has 0 saturated carbocycles. The smallest absolute Gasteiger partial charge is 0.265 e. The van der Waals surface area contributed by atoms with Gasteiger partial charge >= 0.3 is 0 Å². The lowest BCUT2D eigenvalue weighted by molar-refractivity contribution is 0.0858. The van der Waals surface area contributed by atoms with Gasteiger partial charge < -0.3 is 10.1 Å². The number of aromatic nitrogens is 2. The lowest BCUT2D eigenvalue weighted by Crippen LogP contribution is -2.31. The van der Waals surface area contributed by atoms with Crippen molar-refractivity contribution in [2.24, 2.45) is 0 Å². The third-order valence-electron chi connectivity index (χ3n) is 4.85. The number of fused-ring (bicyclic) bond motifs is 1. The number of benzene rings is 2. The van der Waals surface area contributed by atoms with Crippen LogP contribution in [0.25, 0.3) is 16.6 Å². The molecular formula is C21H21N3O3. The van der Waals surface area contributed by atoms with Crippen molar-refractivity contribution in [1.29, 1.82) is 0 Å². The molecule has 1 aliphatic rings. The van der Waals surface area contributed by atoms with Crippen LogP contribution in [0.5, 0.6) is 0 Å². The van der Waals surface area contributed by atoms with Crippen molar-refractivity contribution < 1.29 is 9.53 Å². The summed E-state index contributed by atoms with van der Waals surface area (Å²) >= 11 is 0. The van der Waals surface area contributed by atoms with Crippen LogP contribution in [0.3, 0.4) is 0 Å². The maximum atomic E-state index is 12.8. The van der Waals surface area contributed by atoms with Crippen LogP contribution in [-0.4, -0.2) is 34.7 Å². The van der Waals surface area contributed by atoms with Crippen LogP contribution in [0.2, 0.25) is 0 Å². The highest BCUT2D eigenvalue weighted by atomic mass is 16.5. The summed E-state index contributed by atoms with van der Waals surface area (Å²) in [6.45, 7) is 3.09. The minimum absolute atomic E-state index is 0.109. The van der Waals surface area contributed by atoms with Crippen molar-refractivity contribution in [2.75, 3.05) is 13.2 Å². The number of nitrogens with zero attached hydrogens (tertiary/aromatic N) is 2. The molecule has 3 aromatic rings. The van der Waals surface area contributed by atoms with Gasteiger partial charge in [0.05, 0.1) is 22.7 Å². The van der Waals surface area contributed by atoms with Crippen LogP contribution in [0, 0.1) is 6.92 Å². The van der Waals surface area contributed by atoms with Crippen molar-refractivity contribution in [3.8, 4) is 5.69 Å². The molecule has 1 amide bonds. The fourth-order valence-electron chi connectivity index (χ4n) is 3.42. The molecule has 6 nitrogen and oxygen atoms in total. The first-order chi connectivity index (χ1) is 13.1. The monoisotopic (exact) mass is 363 g/mol. The van der Waals surface area contributed by atoms with Gasteiger partial charge in [0.2, 0.25) is 0 Å². The van der Waals surface area contributed by atoms with Gasteiger partial charge in [-0.05, 0) is 56.2 Å². The van der Waals surface area contributed by atoms with Gasteiger partial charge in [0.1, 0.15) is 5.82 Å². The zero-order chi connectivity index (χ0) is 18.8. The molecule has 1 unspecified atom stereocenters. The molecule has 6 heteroatoms. The Labute approximate surface area is 156 Å². The summed E-state index contributed by atoms with van der Waals surface area (Å²) in [7, 11) is 0. The molecule has 0 aliphatic carbocycles. The first-order valence-corrected chi connectivity index (χ1v) is 9.12. The van der Waals surface area contributed by atoms with E-state index in [1.807, 2.05) is 18.2 Å². The summed E-state index contributed by atoms with van der Waals surface area (Å²) in [5.74, 6) is 0.465. The highest BCUT2D eigenvalue weighted by molar-refractivity contribution is 5.94. The largest absolute Gasteiger partial charge is 0.376 e. The predicted octanol–water partition coefficient (Wildman–Crippen LogP) is 2.60. The van der Waals surface area contributed by atoms with Gasteiger partial charge in [0.25, 0.3) is 11.5 Å². The minimum atomic E-state index is -0.141. The van der Waals surface area contributed by atoms with E-state index >= 15 is 0 Å². The highest BCUT2D eigenvalue weighted by Gasteiger charge is 2.17. The van der Waals surface area contributed by atoms with Crippen LogP contribution in [0.1, 0.15) is 29.0 Å². The molecule has 1 aliphatic heterocycles. The van der Waals surface area contributed by atoms with E-state index in [4.69, 9.17) is 4.74 Å². The molecule has 1 atom stereocenters. The maximum absolute atomic E-state index is 12.8. The Morgan fingerprint density at radius 3 is 2.74 bits per heavy atom. The molecule has 1 N–H and O–H groups in total. The molecule has 4 rings (SSSR count). The number of carbonyl (C=O) groups excluding carboxylic acids is 1. The third-order valence-corrected chi connectivity index (χ3v) is 4.85. The summed E-state index contributed by atoms with van der Waals surface area (Å²) in [4.78, 5) is 29.7. The number of nitrogens with one attached hydrogen (secondary N) is 1. The van der Waals surface area contributed by atoms with Gasteiger partial charge in [-0.2, -0.15) is 0 Å². The summed E-state index contributed by atoms with van der Waals surface area (Å²) in [5, 5.41) is 3.47. The molecule has 1 saturated heterocycles. The number of aryl methyl sites for hydroxylation is 1. The fourth-order valence-corrected chi connectivity index (χ4v) is 3.42. The Kier molecular flexibility index (Phi) is 4.73. The molecule has 0 radical (unpaired) electrons. The Morgan fingerprint density at radius 2 is 2.00 bits per heavy atom. The second-order valence-electron chi connectivity index (χ2n) is 6.71. The number of hydrogen-bond acceptors (Lipinski definition) is 4. The Morgan fingerprint density at radius 1 is 1.22 bits per heavy atom. The standard InChI is InChI=1S/C21H21N3O3/c1-14-23-19-7-3-2-6-18(19)21(26)24(14)16-10-8-15(9-11-16)20(25)22-13-17-5-4-12-27-17/h2-3,6-11,17H,4-5,12-13H2,1H3,(H,22,25). The average molecular weight is 363 g/mol. The first-order valence-electron chi connectivity index (χ1n) is 9.12. The molecule has 0 spiro atoms. The normalized spacial score (nSPS) is 16.6. The van der Waals surface area contributed by atoms with Crippen LogP contribution >= 0.6 is 0 Å². The number of amides is 1. The number of carbonyl (C=O) groups is 1. The lowest BCUT2D eigenvalue weighted by Gasteiger charge is -2.13. The van der Waals surface area contributed by atoms with Gasteiger partial charge in [-0.25, -0.2) is 4.98 Å². The van der Waals surface area contributed by atoms with Crippen molar-refractivity contribution in [1.82, 2.24) is 14.9 Å². The first kappa shape index (κ1) is 17.4. The van der Waals surface area contributed by atoms with E-state index in [9.17, 15) is 9.59 Å². The topological polar surface area (TPSA) is 73.2 Å². The molecule has 2 aromatic carbocycles. The second-order valence-corrected chi connectivity index (χ2v) is 6.71. The Bertz CT molecular complexity index is 1030. The molecule has 2 heterocycles. The van der Waals surface area contributed by atoms with Gasteiger partial charge in [-0.1, -0.05) is 12.1 Å². The average Bonchev–Trinajstić information content (AvgIpc) is 3.20. The molecule has 1 aromatic heterocycles. The second kappa shape index (κ2) is 7.32. The zero-order valence-electron chi connectivity index (χ0n) is 15.1. The maximum Gasteiger partial charge on any atom is 0.265 e. The zero-order valence-corrected chi connectivity index (χ0v) is 15.1. The fraction of sp³-hybridized carbons (Fsp3) is 0.286. The molecule has 0 bridgehead atoms. The predicted molar refractivity (Wildman–Crippen MR) is 103 cm³/mol. The quantitative estimate of drug-likeness (QED) is 0.773. The summed E-state index contributed by atoms with van der Waals surface area (Å²) in [6.07, 6.45) is 2.14. The van der Waals surface area contributed by atoms with Crippen molar-refractivity contribution in [3.05, 3.63) is 70.3 Å². The number of rotatable bonds is 4. The molecular weight excluding hydrogens is 342 g/mol. The Hall–Kier alpha value is -2.99. The number of para-hydroxylation sites is 1. The molecule has 1 fully saturated rings. The summed E-state index contributed by atoms with van der Waals surface area (Å²) in [6, 6.07) is 14.3. The van der Waals surface area contributed by atoms with Crippen LogP contribution < -0.4 is 10.9 Å². The van der Waals surface area contributed by atoms with Gasteiger partial charge in [0, 0.05) is 18.7 Å². The van der Waals surface area contributed by atoms with Crippen molar-refractivity contribution >= 4 is 16.8 Å². The van der Waals surface area contributed by atoms with E-state index in [2.05, 4.69) is 10.3 Å².